The minimum Gasteiger partial charge on any atom is -0.373 e. The van der Waals surface area contributed by atoms with E-state index in [2.05, 4.69) is 10.5 Å². The molecule has 2 bridgehead atoms. The Balaban J connectivity index is 1.40. The molecule has 2 aliphatic heterocycles. The Hall–Kier alpha value is -1.07. The fourth-order valence-electron chi connectivity index (χ4n) is 4.60. The zero-order valence-corrected chi connectivity index (χ0v) is 16.7. The molecule has 0 radical (unpaired) electrons. The standard InChI is InChI=1S/C21H24Cl2N2O2/c22-17-5-2-6-18(23)19(17)20-16(21(27-25-20)12-7-8-12)11-26-15-9-13-3-1-4-14(10-15)24-13/h2,5-6,12-15,24H,1,3-4,7-11H2. The molecule has 6 heteroatoms. The van der Waals surface area contributed by atoms with Crippen LogP contribution in [0.15, 0.2) is 22.7 Å². The number of piperidine rings is 2. The highest BCUT2D eigenvalue weighted by Crippen LogP contribution is 2.46. The Bertz CT molecular complexity index is 801. The van der Waals surface area contributed by atoms with Gasteiger partial charge in [-0.25, -0.2) is 0 Å². The number of aromatic nitrogens is 1. The number of hydrogen-bond acceptors (Lipinski definition) is 4. The van der Waals surface area contributed by atoms with Gasteiger partial charge in [-0.15, -0.1) is 0 Å². The van der Waals surface area contributed by atoms with Crippen LogP contribution in [0.25, 0.3) is 11.3 Å². The Morgan fingerprint density at radius 3 is 2.44 bits per heavy atom. The van der Waals surface area contributed by atoms with Gasteiger partial charge in [0.05, 0.1) is 22.8 Å². The molecular weight excluding hydrogens is 383 g/mol. The summed E-state index contributed by atoms with van der Waals surface area (Å²) in [6.07, 6.45) is 8.62. The minimum atomic E-state index is 0.290. The molecule has 0 amide bonds. The van der Waals surface area contributed by atoms with E-state index < -0.39 is 0 Å². The Morgan fingerprint density at radius 2 is 1.78 bits per heavy atom. The maximum absolute atomic E-state index is 6.44. The summed E-state index contributed by atoms with van der Waals surface area (Å²) in [6, 6.07) is 6.73. The SMILES string of the molecule is Clc1cccc(Cl)c1-c1noc(C2CC2)c1COC1CC2CCCC(C1)N2. The van der Waals surface area contributed by atoms with Gasteiger partial charge in [0.25, 0.3) is 0 Å². The van der Waals surface area contributed by atoms with Gasteiger partial charge in [-0.1, -0.05) is 40.8 Å². The second kappa shape index (κ2) is 7.40. The van der Waals surface area contributed by atoms with Crippen molar-refractivity contribution in [2.45, 2.75) is 75.7 Å². The minimum absolute atomic E-state index is 0.290. The van der Waals surface area contributed by atoms with E-state index in [0.29, 0.717) is 34.7 Å². The van der Waals surface area contributed by atoms with Crippen molar-refractivity contribution < 1.29 is 9.26 Å². The normalized spacial score (nSPS) is 27.7. The zero-order valence-electron chi connectivity index (χ0n) is 15.2. The number of nitrogens with one attached hydrogen (secondary N) is 1. The van der Waals surface area contributed by atoms with Crippen LogP contribution >= 0.6 is 23.2 Å². The first kappa shape index (κ1) is 18.0. The summed E-state index contributed by atoms with van der Waals surface area (Å²) in [4.78, 5) is 0. The molecular formula is C21H24Cl2N2O2. The van der Waals surface area contributed by atoms with Gasteiger partial charge in [0, 0.05) is 29.1 Å². The van der Waals surface area contributed by atoms with E-state index in [-0.39, 0.29) is 6.10 Å². The molecule has 3 heterocycles. The second-order valence-corrected chi connectivity index (χ2v) is 8.96. The molecule has 144 valence electrons. The van der Waals surface area contributed by atoms with Crippen LogP contribution in [-0.2, 0) is 11.3 Å². The zero-order chi connectivity index (χ0) is 18.4. The molecule has 27 heavy (non-hydrogen) atoms. The van der Waals surface area contributed by atoms with Gasteiger partial charge in [-0.3, -0.25) is 0 Å². The lowest BCUT2D eigenvalue weighted by atomic mass is 9.85. The van der Waals surface area contributed by atoms with Gasteiger partial charge in [0.1, 0.15) is 11.5 Å². The Labute approximate surface area is 169 Å². The second-order valence-electron chi connectivity index (χ2n) is 8.14. The lowest BCUT2D eigenvalue weighted by Crippen LogP contribution is -2.50. The molecule has 2 aromatic rings. The van der Waals surface area contributed by atoms with Gasteiger partial charge >= 0.3 is 0 Å². The van der Waals surface area contributed by atoms with Crippen molar-refractivity contribution in [3.05, 3.63) is 39.6 Å². The summed E-state index contributed by atoms with van der Waals surface area (Å²) in [5, 5.41) is 9.26. The van der Waals surface area contributed by atoms with Crippen LogP contribution in [0.4, 0.5) is 0 Å². The van der Waals surface area contributed by atoms with Crippen LogP contribution in [0.1, 0.15) is 62.2 Å². The molecule has 1 saturated carbocycles. The highest BCUT2D eigenvalue weighted by atomic mass is 35.5. The van der Waals surface area contributed by atoms with E-state index in [4.69, 9.17) is 32.5 Å². The maximum Gasteiger partial charge on any atom is 0.145 e. The quantitative estimate of drug-likeness (QED) is 0.689. The summed E-state index contributed by atoms with van der Waals surface area (Å²) >= 11 is 12.9. The van der Waals surface area contributed by atoms with Crippen molar-refractivity contribution in [2.24, 2.45) is 0 Å². The van der Waals surface area contributed by atoms with Gasteiger partial charge in [0.2, 0.25) is 0 Å². The molecule has 3 aliphatic rings. The first-order valence-electron chi connectivity index (χ1n) is 9.99. The lowest BCUT2D eigenvalue weighted by molar-refractivity contribution is -0.00997. The smallest absolute Gasteiger partial charge is 0.145 e. The monoisotopic (exact) mass is 406 g/mol. The summed E-state index contributed by atoms with van der Waals surface area (Å²) in [5.41, 5.74) is 2.51. The summed E-state index contributed by atoms with van der Waals surface area (Å²) in [6.45, 7) is 0.510. The molecule has 4 nitrogen and oxygen atoms in total. The molecule has 2 atom stereocenters. The molecule has 2 unspecified atom stereocenters. The fourth-order valence-corrected chi connectivity index (χ4v) is 5.18. The molecule has 3 fully saturated rings. The summed E-state index contributed by atoms with van der Waals surface area (Å²) in [7, 11) is 0. The molecule has 1 aromatic heterocycles. The lowest BCUT2D eigenvalue weighted by Gasteiger charge is -2.40. The van der Waals surface area contributed by atoms with Crippen molar-refractivity contribution >= 4 is 23.2 Å². The van der Waals surface area contributed by atoms with E-state index in [1.807, 2.05) is 18.2 Å². The first-order valence-corrected chi connectivity index (χ1v) is 10.7. The number of nitrogens with zero attached hydrogens (tertiary/aromatic N) is 1. The van der Waals surface area contributed by atoms with Crippen LogP contribution < -0.4 is 5.32 Å². The van der Waals surface area contributed by atoms with E-state index in [1.165, 1.54) is 19.3 Å². The predicted octanol–water partition coefficient (Wildman–Crippen LogP) is 5.72. The van der Waals surface area contributed by atoms with Crippen molar-refractivity contribution in [3.63, 3.8) is 0 Å². The molecule has 1 aromatic carbocycles. The average molecular weight is 407 g/mol. The van der Waals surface area contributed by atoms with Crippen molar-refractivity contribution in [3.8, 4) is 11.3 Å². The van der Waals surface area contributed by atoms with Gasteiger partial charge < -0.3 is 14.6 Å². The van der Waals surface area contributed by atoms with E-state index >= 15 is 0 Å². The third-order valence-corrected chi connectivity index (χ3v) is 6.73. The van der Waals surface area contributed by atoms with Crippen LogP contribution in [-0.4, -0.2) is 23.3 Å². The highest BCUT2D eigenvalue weighted by molar-refractivity contribution is 6.39. The van der Waals surface area contributed by atoms with Crippen LogP contribution in [0, 0.1) is 0 Å². The number of ether oxygens (including phenoxy) is 1. The average Bonchev–Trinajstić information content (AvgIpc) is 3.41. The summed E-state index contributed by atoms with van der Waals surface area (Å²) < 4.78 is 12.1. The van der Waals surface area contributed by atoms with Gasteiger partial charge in [-0.05, 0) is 50.7 Å². The van der Waals surface area contributed by atoms with Gasteiger partial charge in [0.15, 0.2) is 0 Å². The van der Waals surface area contributed by atoms with Crippen molar-refractivity contribution in [1.29, 1.82) is 0 Å². The highest BCUT2D eigenvalue weighted by Gasteiger charge is 2.35. The predicted molar refractivity (Wildman–Crippen MR) is 106 cm³/mol. The van der Waals surface area contributed by atoms with E-state index in [0.717, 1.165) is 48.3 Å². The first-order chi connectivity index (χ1) is 13.2. The van der Waals surface area contributed by atoms with Crippen LogP contribution in [0.2, 0.25) is 10.0 Å². The third kappa shape index (κ3) is 3.65. The Morgan fingerprint density at radius 1 is 1.07 bits per heavy atom. The largest absolute Gasteiger partial charge is 0.373 e. The Kier molecular flexibility index (Phi) is 4.93. The molecule has 2 saturated heterocycles. The number of fused-ring (bicyclic) bond motifs is 2. The van der Waals surface area contributed by atoms with E-state index in [9.17, 15) is 0 Å². The molecule has 1 N–H and O–H groups in total. The van der Waals surface area contributed by atoms with Crippen LogP contribution in [0.5, 0.6) is 0 Å². The van der Waals surface area contributed by atoms with E-state index in [1.54, 1.807) is 0 Å². The fraction of sp³-hybridized carbons (Fsp3) is 0.571. The van der Waals surface area contributed by atoms with Crippen molar-refractivity contribution in [1.82, 2.24) is 10.5 Å². The molecule has 5 rings (SSSR count). The number of hydrogen-bond donors (Lipinski definition) is 1. The maximum atomic E-state index is 6.44. The summed E-state index contributed by atoms with van der Waals surface area (Å²) in [5.74, 6) is 1.41. The number of benzene rings is 1. The topological polar surface area (TPSA) is 47.3 Å². The number of rotatable bonds is 5. The van der Waals surface area contributed by atoms with Crippen molar-refractivity contribution in [2.75, 3.05) is 0 Å². The number of halogens is 2. The molecule has 1 aliphatic carbocycles. The van der Waals surface area contributed by atoms with Gasteiger partial charge in [-0.2, -0.15) is 0 Å². The van der Waals surface area contributed by atoms with Crippen LogP contribution in [0.3, 0.4) is 0 Å². The molecule has 0 spiro atoms. The third-order valence-electron chi connectivity index (χ3n) is 6.10.